The summed E-state index contributed by atoms with van der Waals surface area (Å²) in [5.74, 6) is 1.63. The maximum absolute atomic E-state index is 10.8. The number of aliphatic hydroxyl groups is 1. The first-order valence-electron chi connectivity index (χ1n) is 8.66. The third-order valence-electron chi connectivity index (χ3n) is 5.22. The molecular weight excluding hydrogens is 308 g/mol. The van der Waals surface area contributed by atoms with Crippen molar-refractivity contribution in [1.82, 2.24) is 24.9 Å². The van der Waals surface area contributed by atoms with Gasteiger partial charge in [-0.25, -0.2) is 9.50 Å². The van der Waals surface area contributed by atoms with E-state index in [0.717, 1.165) is 25.9 Å². The van der Waals surface area contributed by atoms with Crippen molar-refractivity contribution in [3.05, 3.63) is 11.9 Å². The fourth-order valence-electron chi connectivity index (χ4n) is 3.93. The van der Waals surface area contributed by atoms with E-state index in [9.17, 15) is 5.11 Å². The molecule has 2 aromatic rings. The van der Waals surface area contributed by atoms with Crippen LogP contribution >= 0.6 is 0 Å². The lowest BCUT2D eigenvalue weighted by atomic mass is 10.1. The van der Waals surface area contributed by atoms with Crippen LogP contribution in [-0.4, -0.2) is 43.9 Å². The van der Waals surface area contributed by atoms with Gasteiger partial charge in [0.05, 0.1) is 18.0 Å². The minimum Gasteiger partial charge on any atom is -0.459 e. The lowest BCUT2D eigenvalue weighted by Crippen LogP contribution is -2.19. The van der Waals surface area contributed by atoms with Crippen LogP contribution in [0.2, 0.25) is 0 Å². The summed E-state index contributed by atoms with van der Waals surface area (Å²) in [4.78, 5) is 8.47. The van der Waals surface area contributed by atoms with Crippen LogP contribution in [0.5, 0.6) is 6.01 Å². The molecule has 2 aliphatic rings. The number of ether oxygens (including phenoxy) is 1. The summed E-state index contributed by atoms with van der Waals surface area (Å²) in [6.45, 7) is 6.03. The molecule has 8 heteroatoms. The van der Waals surface area contributed by atoms with E-state index in [0.29, 0.717) is 23.2 Å². The number of nitrogen functional groups attached to an aromatic ring is 1. The summed E-state index contributed by atoms with van der Waals surface area (Å²) in [7, 11) is 0. The van der Waals surface area contributed by atoms with Crippen LogP contribution in [0.3, 0.4) is 0 Å². The lowest BCUT2D eigenvalue weighted by molar-refractivity contribution is 0.131. The zero-order chi connectivity index (χ0) is 16.8. The van der Waals surface area contributed by atoms with Crippen molar-refractivity contribution in [3.8, 4) is 6.01 Å². The van der Waals surface area contributed by atoms with Gasteiger partial charge in [0.25, 0.3) is 0 Å². The summed E-state index contributed by atoms with van der Waals surface area (Å²) in [6.07, 6.45) is 3.00. The molecule has 2 fully saturated rings. The Hall–Kier alpha value is -1.93. The summed E-state index contributed by atoms with van der Waals surface area (Å²) in [5.41, 5.74) is 7.12. The SMILES string of the molecule is CCC[C@H](C)Oc1nc(N)c2ncc(C(O)C3C4CNCC43)n2n1. The van der Waals surface area contributed by atoms with Gasteiger partial charge in [-0.2, -0.15) is 4.98 Å². The number of hydrogen-bond acceptors (Lipinski definition) is 7. The molecular formula is C16H24N6O2. The Balaban J connectivity index is 1.63. The van der Waals surface area contributed by atoms with Gasteiger partial charge < -0.3 is 20.9 Å². The van der Waals surface area contributed by atoms with Crippen molar-refractivity contribution >= 4 is 11.5 Å². The molecule has 0 radical (unpaired) electrons. The molecule has 1 aliphatic heterocycles. The number of nitrogens with zero attached hydrogens (tertiary/aromatic N) is 4. The number of piperidine rings is 1. The fraction of sp³-hybridized carbons (Fsp3) is 0.688. The van der Waals surface area contributed by atoms with Crippen molar-refractivity contribution in [2.45, 2.75) is 38.9 Å². The summed E-state index contributed by atoms with van der Waals surface area (Å²) in [5, 5.41) is 18.5. The van der Waals surface area contributed by atoms with Gasteiger partial charge in [-0.1, -0.05) is 13.3 Å². The van der Waals surface area contributed by atoms with E-state index in [1.807, 2.05) is 6.92 Å². The molecule has 4 rings (SSSR count). The Labute approximate surface area is 140 Å². The molecule has 1 aliphatic carbocycles. The number of hydrogen-bond donors (Lipinski definition) is 3. The fourth-order valence-corrected chi connectivity index (χ4v) is 3.93. The number of rotatable bonds is 6. The van der Waals surface area contributed by atoms with Gasteiger partial charge in [0.1, 0.15) is 6.10 Å². The van der Waals surface area contributed by atoms with Gasteiger partial charge >= 0.3 is 6.01 Å². The van der Waals surface area contributed by atoms with Crippen LogP contribution in [0, 0.1) is 17.8 Å². The molecule has 0 spiro atoms. The van der Waals surface area contributed by atoms with E-state index in [1.54, 1.807) is 10.7 Å². The number of aromatic nitrogens is 4. The van der Waals surface area contributed by atoms with Crippen LogP contribution < -0.4 is 15.8 Å². The molecule has 2 aromatic heterocycles. The summed E-state index contributed by atoms with van der Waals surface area (Å²) >= 11 is 0. The maximum atomic E-state index is 10.8. The van der Waals surface area contributed by atoms with Gasteiger partial charge in [0.15, 0.2) is 11.5 Å². The predicted molar refractivity (Wildman–Crippen MR) is 88.5 cm³/mol. The second-order valence-electron chi connectivity index (χ2n) is 6.92. The number of nitrogens with two attached hydrogens (primary N) is 1. The molecule has 3 heterocycles. The number of anilines is 1. The molecule has 0 aromatic carbocycles. The number of aliphatic hydroxyl groups excluding tert-OH is 1. The molecule has 3 unspecified atom stereocenters. The van der Waals surface area contributed by atoms with Gasteiger partial charge in [-0.15, -0.1) is 5.10 Å². The van der Waals surface area contributed by atoms with Crippen LogP contribution in [0.1, 0.15) is 38.5 Å². The normalized spacial score (nSPS) is 27.9. The smallest absolute Gasteiger partial charge is 0.336 e. The van der Waals surface area contributed by atoms with Gasteiger partial charge in [-0.05, 0) is 44.2 Å². The van der Waals surface area contributed by atoms with E-state index >= 15 is 0 Å². The zero-order valence-electron chi connectivity index (χ0n) is 14.0. The van der Waals surface area contributed by atoms with Crippen LogP contribution in [0.25, 0.3) is 5.65 Å². The summed E-state index contributed by atoms with van der Waals surface area (Å²) in [6, 6.07) is 0.227. The standard InChI is InChI=1S/C16H24N6O2/c1-3-4-8(2)24-16-20-14(17)15-19-7-11(22(15)21-16)13(23)12-9-5-18-6-10(9)12/h7-10,12-13,18,23H,3-6H2,1-2H3,(H2,17,20,21)/t8-,9?,10?,12?,13?/m0/s1. The average molecular weight is 332 g/mol. The molecule has 0 amide bonds. The highest BCUT2D eigenvalue weighted by Crippen LogP contribution is 2.55. The Morgan fingerprint density at radius 1 is 1.46 bits per heavy atom. The molecule has 4 N–H and O–H groups in total. The minimum absolute atomic E-state index is 0.0117. The first-order chi connectivity index (χ1) is 11.6. The first-order valence-corrected chi connectivity index (χ1v) is 8.66. The van der Waals surface area contributed by atoms with E-state index in [1.165, 1.54) is 0 Å². The number of imidazole rings is 1. The van der Waals surface area contributed by atoms with Crippen LogP contribution in [0.15, 0.2) is 6.20 Å². The van der Waals surface area contributed by atoms with Crippen molar-refractivity contribution in [2.24, 2.45) is 17.8 Å². The molecule has 8 nitrogen and oxygen atoms in total. The third-order valence-corrected chi connectivity index (χ3v) is 5.22. The Morgan fingerprint density at radius 3 is 2.92 bits per heavy atom. The maximum Gasteiger partial charge on any atom is 0.336 e. The number of fused-ring (bicyclic) bond motifs is 2. The third kappa shape index (κ3) is 2.50. The monoisotopic (exact) mass is 332 g/mol. The minimum atomic E-state index is -0.590. The lowest BCUT2D eigenvalue weighted by Gasteiger charge is -2.14. The largest absolute Gasteiger partial charge is 0.459 e. The number of nitrogens with one attached hydrogen (secondary N) is 1. The first kappa shape index (κ1) is 15.6. The second kappa shape index (κ2) is 5.86. The molecule has 24 heavy (non-hydrogen) atoms. The molecule has 4 atom stereocenters. The van der Waals surface area contributed by atoms with Gasteiger partial charge in [0.2, 0.25) is 0 Å². The topological polar surface area (TPSA) is 111 Å². The van der Waals surface area contributed by atoms with E-state index in [2.05, 4.69) is 27.3 Å². The van der Waals surface area contributed by atoms with E-state index in [4.69, 9.17) is 10.5 Å². The highest BCUT2D eigenvalue weighted by Gasteiger charge is 2.56. The quantitative estimate of drug-likeness (QED) is 0.716. The summed E-state index contributed by atoms with van der Waals surface area (Å²) < 4.78 is 7.34. The molecule has 130 valence electrons. The van der Waals surface area contributed by atoms with Crippen LogP contribution in [0.4, 0.5) is 5.82 Å². The van der Waals surface area contributed by atoms with E-state index in [-0.39, 0.29) is 23.9 Å². The highest BCUT2D eigenvalue weighted by atomic mass is 16.5. The van der Waals surface area contributed by atoms with Gasteiger partial charge in [-0.3, -0.25) is 0 Å². The molecule has 1 saturated heterocycles. The molecule has 1 saturated carbocycles. The van der Waals surface area contributed by atoms with Crippen molar-refractivity contribution in [1.29, 1.82) is 0 Å². The Bertz CT molecular complexity index is 737. The highest BCUT2D eigenvalue weighted by molar-refractivity contribution is 5.59. The Morgan fingerprint density at radius 2 is 2.21 bits per heavy atom. The van der Waals surface area contributed by atoms with Crippen LogP contribution in [-0.2, 0) is 0 Å². The second-order valence-corrected chi connectivity index (χ2v) is 6.92. The predicted octanol–water partition coefficient (Wildman–Crippen LogP) is 0.773. The van der Waals surface area contributed by atoms with Gasteiger partial charge in [0, 0.05) is 0 Å². The van der Waals surface area contributed by atoms with E-state index < -0.39 is 6.10 Å². The van der Waals surface area contributed by atoms with Crippen molar-refractivity contribution in [3.63, 3.8) is 0 Å². The Kier molecular flexibility index (Phi) is 3.80. The average Bonchev–Trinajstić information content (AvgIpc) is 2.89. The molecule has 0 bridgehead atoms. The van der Waals surface area contributed by atoms with Crippen molar-refractivity contribution < 1.29 is 9.84 Å². The van der Waals surface area contributed by atoms with Crippen molar-refractivity contribution in [2.75, 3.05) is 18.8 Å². The zero-order valence-corrected chi connectivity index (χ0v) is 14.0.